The van der Waals surface area contributed by atoms with Crippen LogP contribution in [0.15, 0.2) is 0 Å². The van der Waals surface area contributed by atoms with E-state index in [2.05, 4.69) is 20.8 Å². The van der Waals surface area contributed by atoms with Crippen LogP contribution in [0.1, 0.15) is 33.6 Å². The van der Waals surface area contributed by atoms with Gasteiger partial charge in [0.15, 0.2) is 0 Å². The maximum absolute atomic E-state index is 6.04. The third-order valence-corrected chi connectivity index (χ3v) is 4.54. The van der Waals surface area contributed by atoms with E-state index in [0.717, 1.165) is 5.92 Å². The molecule has 3 unspecified atom stereocenters. The topological polar surface area (TPSA) is 26.0 Å². The van der Waals surface area contributed by atoms with E-state index in [1.165, 1.54) is 12.8 Å². The molecule has 3 aliphatic rings. The highest BCUT2D eigenvalue weighted by Crippen LogP contribution is 2.69. The lowest BCUT2D eigenvalue weighted by atomic mass is 9.49. The molecule has 0 amide bonds. The lowest BCUT2D eigenvalue weighted by Crippen LogP contribution is -2.62. The summed E-state index contributed by atoms with van der Waals surface area (Å²) < 4.78 is 0. The van der Waals surface area contributed by atoms with Crippen molar-refractivity contribution < 1.29 is 0 Å². The third-order valence-electron chi connectivity index (χ3n) is 4.54. The molecule has 0 aliphatic heterocycles. The molecule has 3 fully saturated rings. The third kappa shape index (κ3) is 0.402. The van der Waals surface area contributed by atoms with Gasteiger partial charge in [-0.15, -0.1) is 0 Å². The summed E-state index contributed by atoms with van der Waals surface area (Å²) in [7, 11) is 0. The van der Waals surface area contributed by atoms with Gasteiger partial charge in [-0.2, -0.15) is 0 Å². The number of fused-ring (bicyclic) bond motifs is 1. The summed E-state index contributed by atoms with van der Waals surface area (Å²) in [6.45, 7) is 7.09. The van der Waals surface area contributed by atoms with Gasteiger partial charge in [0.05, 0.1) is 0 Å². The van der Waals surface area contributed by atoms with Crippen LogP contribution in [-0.2, 0) is 0 Å². The SMILES string of the molecule is CC1(C)C2CCC1(C)C2N. The first-order valence-electron chi connectivity index (χ1n) is 4.26. The van der Waals surface area contributed by atoms with Gasteiger partial charge in [0.2, 0.25) is 0 Å². The molecule has 58 valence electrons. The first kappa shape index (κ1) is 6.66. The average Bonchev–Trinajstić information content (AvgIpc) is 2.23. The van der Waals surface area contributed by atoms with E-state index in [0.29, 0.717) is 16.9 Å². The Morgan fingerprint density at radius 1 is 1.30 bits per heavy atom. The molecule has 3 rings (SSSR count). The number of rotatable bonds is 0. The Morgan fingerprint density at radius 3 is 2.00 bits per heavy atom. The highest BCUT2D eigenvalue weighted by atomic mass is 14.9. The molecule has 0 spiro atoms. The summed E-state index contributed by atoms with van der Waals surface area (Å²) in [5, 5.41) is 0. The Labute approximate surface area is 63.0 Å². The van der Waals surface area contributed by atoms with Gasteiger partial charge < -0.3 is 5.73 Å². The van der Waals surface area contributed by atoms with Crippen molar-refractivity contribution in [2.45, 2.75) is 39.7 Å². The van der Waals surface area contributed by atoms with Crippen LogP contribution >= 0.6 is 0 Å². The number of hydrogen-bond acceptors (Lipinski definition) is 1. The largest absolute Gasteiger partial charge is 0.327 e. The summed E-state index contributed by atoms with van der Waals surface area (Å²) in [5.41, 5.74) is 7.04. The molecule has 3 atom stereocenters. The standard InChI is InChI=1S/C9H17N/c1-8(2)6-4-5-9(8,3)7(6)10/h6-7H,4-5,10H2,1-3H3. The zero-order chi connectivity index (χ0) is 7.57. The monoisotopic (exact) mass is 139 g/mol. The molecule has 2 N–H and O–H groups in total. The Morgan fingerprint density at radius 2 is 1.90 bits per heavy atom. The normalized spacial score (nSPS) is 56.4. The summed E-state index contributed by atoms with van der Waals surface area (Å²) in [5.74, 6) is 0.817. The van der Waals surface area contributed by atoms with Gasteiger partial charge in [0.1, 0.15) is 0 Å². The molecule has 10 heavy (non-hydrogen) atoms. The predicted octanol–water partition coefficient (Wildman–Crippen LogP) is 1.77. The fraction of sp³-hybridized carbons (Fsp3) is 1.00. The maximum atomic E-state index is 6.04. The summed E-state index contributed by atoms with van der Waals surface area (Å²) in [6.07, 6.45) is 2.72. The minimum atomic E-state index is 0.470. The van der Waals surface area contributed by atoms with Crippen LogP contribution in [0.25, 0.3) is 0 Å². The molecule has 2 bridgehead atoms. The highest BCUT2D eigenvalue weighted by molar-refractivity contribution is 5.19. The van der Waals surface area contributed by atoms with Crippen LogP contribution in [0, 0.1) is 16.7 Å². The Bertz CT molecular complexity index is 174. The van der Waals surface area contributed by atoms with Gasteiger partial charge in [-0.25, -0.2) is 0 Å². The molecular weight excluding hydrogens is 122 g/mol. The second-order valence-corrected chi connectivity index (χ2v) is 4.81. The van der Waals surface area contributed by atoms with Crippen LogP contribution < -0.4 is 5.73 Å². The lowest BCUT2D eigenvalue weighted by molar-refractivity contribution is -0.0668. The summed E-state index contributed by atoms with van der Waals surface area (Å²) >= 11 is 0. The minimum absolute atomic E-state index is 0.470. The molecule has 0 saturated heterocycles. The van der Waals surface area contributed by atoms with E-state index in [4.69, 9.17) is 5.73 Å². The zero-order valence-electron chi connectivity index (χ0n) is 7.15. The molecule has 3 saturated carbocycles. The van der Waals surface area contributed by atoms with Gasteiger partial charge in [0.25, 0.3) is 0 Å². The average molecular weight is 139 g/mol. The van der Waals surface area contributed by atoms with E-state index in [1.807, 2.05) is 0 Å². The second-order valence-electron chi connectivity index (χ2n) is 4.81. The maximum Gasteiger partial charge on any atom is 0.0132 e. The second kappa shape index (κ2) is 1.42. The lowest BCUT2D eigenvalue weighted by Gasteiger charge is -2.58. The van der Waals surface area contributed by atoms with Gasteiger partial charge >= 0.3 is 0 Å². The molecule has 1 heteroatoms. The summed E-state index contributed by atoms with van der Waals surface area (Å²) in [4.78, 5) is 0. The van der Waals surface area contributed by atoms with Crippen molar-refractivity contribution in [1.82, 2.24) is 0 Å². The van der Waals surface area contributed by atoms with Crippen molar-refractivity contribution in [2.24, 2.45) is 22.5 Å². The van der Waals surface area contributed by atoms with Crippen molar-refractivity contribution >= 4 is 0 Å². The highest BCUT2D eigenvalue weighted by Gasteiger charge is 2.67. The summed E-state index contributed by atoms with van der Waals surface area (Å²) in [6, 6.07) is 0.502. The van der Waals surface area contributed by atoms with Crippen LogP contribution in [0.5, 0.6) is 0 Å². The Kier molecular flexibility index (Phi) is 0.949. The molecule has 1 nitrogen and oxygen atoms in total. The first-order chi connectivity index (χ1) is 4.50. The van der Waals surface area contributed by atoms with E-state index in [1.54, 1.807) is 0 Å². The number of nitrogens with two attached hydrogens (primary N) is 1. The van der Waals surface area contributed by atoms with Gasteiger partial charge in [0, 0.05) is 6.04 Å². The molecule has 0 radical (unpaired) electrons. The molecule has 0 aromatic heterocycles. The fourth-order valence-electron chi connectivity index (χ4n) is 3.13. The smallest absolute Gasteiger partial charge is 0.0132 e. The zero-order valence-corrected chi connectivity index (χ0v) is 7.15. The van der Waals surface area contributed by atoms with Gasteiger partial charge in [-0.1, -0.05) is 20.8 Å². The van der Waals surface area contributed by atoms with Crippen LogP contribution in [-0.4, -0.2) is 6.04 Å². The van der Waals surface area contributed by atoms with Crippen molar-refractivity contribution in [1.29, 1.82) is 0 Å². The fourth-order valence-corrected chi connectivity index (χ4v) is 3.13. The molecule has 0 aromatic rings. The molecule has 0 heterocycles. The van der Waals surface area contributed by atoms with Crippen molar-refractivity contribution in [3.05, 3.63) is 0 Å². The van der Waals surface area contributed by atoms with E-state index >= 15 is 0 Å². The van der Waals surface area contributed by atoms with Crippen molar-refractivity contribution in [2.75, 3.05) is 0 Å². The molecule has 0 aromatic carbocycles. The minimum Gasteiger partial charge on any atom is -0.327 e. The van der Waals surface area contributed by atoms with E-state index in [-0.39, 0.29) is 0 Å². The van der Waals surface area contributed by atoms with Crippen LogP contribution in [0.2, 0.25) is 0 Å². The van der Waals surface area contributed by atoms with Crippen LogP contribution in [0.3, 0.4) is 0 Å². The van der Waals surface area contributed by atoms with Crippen molar-refractivity contribution in [3.63, 3.8) is 0 Å². The number of hydrogen-bond donors (Lipinski definition) is 1. The predicted molar refractivity (Wildman–Crippen MR) is 42.6 cm³/mol. The van der Waals surface area contributed by atoms with Crippen molar-refractivity contribution in [3.8, 4) is 0 Å². The Hall–Kier alpha value is -0.0400. The van der Waals surface area contributed by atoms with E-state index in [9.17, 15) is 0 Å². The van der Waals surface area contributed by atoms with Gasteiger partial charge in [-0.05, 0) is 29.6 Å². The van der Waals surface area contributed by atoms with Gasteiger partial charge in [-0.3, -0.25) is 0 Å². The first-order valence-corrected chi connectivity index (χ1v) is 4.26. The molecule has 3 aliphatic carbocycles. The molecular formula is C9H17N. The van der Waals surface area contributed by atoms with Crippen LogP contribution in [0.4, 0.5) is 0 Å². The Balaban J connectivity index is 2.35. The quantitative estimate of drug-likeness (QED) is 0.544. The van der Waals surface area contributed by atoms with E-state index < -0.39 is 0 Å².